The molecule has 3 aromatic carbocycles. The summed E-state index contributed by atoms with van der Waals surface area (Å²) in [5, 5.41) is 6.82. The van der Waals surface area contributed by atoms with Gasteiger partial charge in [0.1, 0.15) is 23.4 Å². The van der Waals surface area contributed by atoms with E-state index in [4.69, 9.17) is 24.2 Å². The van der Waals surface area contributed by atoms with E-state index in [1.54, 1.807) is 0 Å². The van der Waals surface area contributed by atoms with E-state index in [0.29, 0.717) is 18.9 Å². The second-order valence-electron chi connectivity index (χ2n) is 19.5. The highest BCUT2D eigenvalue weighted by Gasteiger charge is 2.45. The number of amides is 3. The predicted octanol–water partition coefficient (Wildman–Crippen LogP) is 9.23. The highest BCUT2D eigenvalue weighted by molar-refractivity contribution is 5.92. The third-order valence-corrected chi connectivity index (χ3v) is 13.6. The van der Waals surface area contributed by atoms with Crippen LogP contribution in [-0.2, 0) is 14.3 Å². The standard InChI is InChI=1S/C51H61N9O6/c1-29(2)38(56-49(62)64-7)27-58-20-12-15-40(58)45-52-26-37(54-45)33-16-18-35-41-22-34-21-32(17-19-39(34)60(41)48(66-43(35)23-33)31-13-10-9-11-14-31)36-25-53-46(55-36)42-24-51(5,6)28-59(42)47(61)44(30(3)4)57-50(63)65-8/h9-11,13-14,16-19,21-23,25-26,29-30,38,40,42,44,48H,12,15,20,24,27-28H2,1-8H3,(H,52,54)(H,53,55)(H,56,62)(H,57,63). The lowest BCUT2D eigenvalue weighted by atomic mass is 9.90. The van der Waals surface area contributed by atoms with Crippen molar-refractivity contribution in [3.05, 3.63) is 102 Å². The number of rotatable bonds is 12. The lowest BCUT2D eigenvalue weighted by Gasteiger charge is -2.30. The molecule has 66 heavy (non-hydrogen) atoms. The van der Waals surface area contributed by atoms with Crippen molar-refractivity contribution in [2.24, 2.45) is 17.3 Å². The molecule has 3 aliphatic rings. The number of alkyl carbamates (subject to hydrolysis) is 2. The number of hydrogen-bond acceptors (Lipinski definition) is 9. The summed E-state index contributed by atoms with van der Waals surface area (Å²) in [5.41, 5.74) is 7.64. The van der Waals surface area contributed by atoms with Gasteiger partial charge in [0.25, 0.3) is 0 Å². The zero-order valence-electron chi connectivity index (χ0n) is 39.1. The zero-order chi connectivity index (χ0) is 46.4. The van der Waals surface area contributed by atoms with Gasteiger partial charge in [-0.25, -0.2) is 19.6 Å². The number of ether oxygens (including phenoxy) is 3. The topological polar surface area (TPSA) is 172 Å². The molecule has 346 valence electrons. The Morgan fingerprint density at radius 2 is 1.50 bits per heavy atom. The maximum absolute atomic E-state index is 14.1. The Morgan fingerprint density at radius 1 is 0.833 bits per heavy atom. The number of carbonyl (C=O) groups excluding carboxylic acids is 3. The summed E-state index contributed by atoms with van der Waals surface area (Å²) in [7, 11) is 2.70. The van der Waals surface area contributed by atoms with Crippen LogP contribution in [0.25, 0.3) is 44.7 Å². The van der Waals surface area contributed by atoms with Gasteiger partial charge in [0.2, 0.25) is 12.1 Å². The number of imidazole rings is 2. The lowest BCUT2D eigenvalue weighted by molar-refractivity contribution is -0.135. The van der Waals surface area contributed by atoms with Gasteiger partial charge >= 0.3 is 12.2 Å². The van der Waals surface area contributed by atoms with Gasteiger partial charge in [0.05, 0.1) is 61.3 Å². The van der Waals surface area contributed by atoms with E-state index in [0.717, 1.165) is 87.6 Å². The van der Waals surface area contributed by atoms with Crippen molar-refractivity contribution in [1.82, 2.24) is 44.9 Å². The normalized spacial score (nSPS) is 19.9. The van der Waals surface area contributed by atoms with Gasteiger partial charge in [-0.15, -0.1) is 0 Å². The van der Waals surface area contributed by atoms with Crippen molar-refractivity contribution in [3.8, 4) is 39.5 Å². The number of likely N-dealkylation sites (tertiary alicyclic amines) is 2. The maximum Gasteiger partial charge on any atom is 0.407 e. The van der Waals surface area contributed by atoms with Crippen LogP contribution in [0.15, 0.2) is 85.2 Å². The Bertz CT molecular complexity index is 2740. The van der Waals surface area contributed by atoms with Gasteiger partial charge in [-0.3, -0.25) is 9.69 Å². The smallest absolute Gasteiger partial charge is 0.407 e. The SMILES string of the molecule is COC(=O)NC(CN1CCCC1c1ncc(-c2ccc3c(c2)OC(c2ccccc2)n2c-3cc3cc(-c4cnc(C5CC(C)(C)CN5C(=O)C(NC(=O)OC)C(C)C)[nH]4)ccc32)[nH]1)C(C)C. The van der Waals surface area contributed by atoms with Gasteiger partial charge in [-0.1, -0.05) is 84.0 Å². The van der Waals surface area contributed by atoms with E-state index >= 15 is 0 Å². The molecule has 15 heteroatoms. The minimum atomic E-state index is -0.730. The molecule has 6 heterocycles. The molecule has 5 unspecified atom stereocenters. The summed E-state index contributed by atoms with van der Waals surface area (Å²) in [4.78, 5) is 59.6. The minimum Gasteiger partial charge on any atom is -0.465 e. The summed E-state index contributed by atoms with van der Waals surface area (Å²) < 4.78 is 19.0. The van der Waals surface area contributed by atoms with Crippen molar-refractivity contribution in [1.29, 1.82) is 0 Å². The first-order valence-electron chi connectivity index (χ1n) is 23.1. The maximum atomic E-state index is 14.1. The molecule has 6 aromatic rings. The van der Waals surface area contributed by atoms with Gasteiger partial charge in [-0.05, 0) is 73.4 Å². The van der Waals surface area contributed by atoms with Crippen LogP contribution < -0.4 is 15.4 Å². The number of nitrogens with zero attached hydrogens (tertiary/aromatic N) is 5. The summed E-state index contributed by atoms with van der Waals surface area (Å²) in [6.07, 6.45) is 5.04. The molecule has 3 aromatic heterocycles. The number of aromatic nitrogens is 5. The van der Waals surface area contributed by atoms with Crippen molar-refractivity contribution < 1.29 is 28.6 Å². The number of H-pyrrole nitrogens is 2. The number of fused-ring (bicyclic) bond motifs is 5. The Balaban J connectivity index is 1.01. The van der Waals surface area contributed by atoms with Gasteiger partial charge in [0, 0.05) is 46.8 Å². The Hall–Kier alpha value is -6.61. The fraction of sp³-hybridized carbons (Fsp3) is 0.431. The molecular formula is C51H61N9O6. The summed E-state index contributed by atoms with van der Waals surface area (Å²) in [6, 6.07) is 24.3. The van der Waals surface area contributed by atoms with E-state index in [1.165, 1.54) is 14.2 Å². The molecule has 3 aliphatic heterocycles. The van der Waals surface area contributed by atoms with E-state index < -0.39 is 24.5 Å². The molecular weight excluding hydrogens is 835 g/mol. The van der Waals surface area contributed by atoms with Crippen LogP contribution in [0.5, 0.6) is 5.75 Å². The quantitative estimate of drug-likeness (QED) is 0.0935. The van der Waals surface area contributed by atoms with Crippen molar-refractivity contribution in [2.45, 2.75) is 91.2 Å². The van der Waals surface area contributed by atoms with Crippen LogP contribution in [0.1, 0.15) is 96.3 Å². The predicted molar refractivity (Wildman–Crippen MR) is 252 cm³/mol. The number of carbonyl (C=O) groups is 3. The fourth-order valence-electron chi connectivity index (χ4n) is 10.0. The number of hydrogen-bond donors (Lipinski definition) is 4. The monoisotopic (exact) mass is 895 g/mol. The second-order valence-corrected chi connectivity index (χ2v) is 19.5. The molecule has 4 N–H and O–H groups in total. The highest BCUT2D eigenvalue weighted by Crippen LogP contribution is 2.47. The van der Waals surface area contributed by atoms with E-state index in [1.807, 2.05) is 49.3 Å². The number of benzene rings is 3. The molecule has 5 atom stereocenters. The van der Waals surface area contributed by atoms with Crippen LogP contribution in [0.3, 0.4) is 0 Å². The molecule has 2 saturated heterocycles. The summed E-state index contributed by atoms with van der Waals surface area (Å²) in [6.45, 7) is 14.5. The van der Waals surface area contributed by atoms with Crippen LogP contribution in [0.2, 0.25) is 0 Å². The van der Waals surface area contributed by atoms with Gasteiger partial charge in [0.15, 0.2) is 0 Å². The van der Waals surface area contributed by atoms with Gasteiger partial charge < -0.3 is 44.3 Å². The molecule has 0 aliphatic carbocycles. The van der Waals surface area contributed by atoms with E-state index in [9.17, 15) is 14.4 Å². The Labute approximate surface area is 385 Å². The van der Waals surface area contributed by atoms with Crippen molar-refractivity contribution in [2.75, 3.05) is 33.9 Å². The third-order valence-electron chi connectivity index (χ3n) is 13.6. The number of methoxy groups -OCH3 is 2. The molecule has 3 amide bonds. The molecule has 9 rings (SSSR count). The number of aromatic amines is 2. The summed E-state index contributed by atoms with van der Waals surface area (Å²) in [5.74, 6) is 2.35. The van der Waals surface area contributed by atoms with E-state index in [2.05, 4.69) is 112 Å². The summed E-state index contributed by atoms with van der Waals surface area (Å²) >= 11 is 0. The Morgan fingerprint density at radius 3 is 2.18 bits per heavy atom. The Kier molecular flexibility index (Phi) is 12.2. The first-order chi connectivity index (χ1) is 31.7. The minimum absolute atomic E-state index is 0.0503. The van der Waals surface area contributed by atoms with Gasteiger partial charge in [-0.2, -0.15) is 0 Å². The van der Waals surface area contributed by atoms with E-state index in [-0.39, 0.29) is 41.3 Å². The number of nitrogens with one attached hydrogen (secondary N) is 4. The molecule has 0 spiro atoms. The first-order valence-corrected chi connectivity index (χ1v) is 23.1. The fourth-order valence-corrected chi connectivity index (χ4v) is 10.0. The lowest BCUT2D eigenvalue weighted by Crippen LogP contribution is -2.51. The van der Waals surface area contributed by atoms with Crippen LogP contribution >= 0.6 is 0 Å². The van der Waals surface area contributed by atoms with Crippen LogP contribution in [0, 0.1) is 17.3 Å². The molecule has 0 bridgehead atoms. The highest BCUT2D eigenvalue weighted by atomic mass is 16.5. The van der Waals surface area contributed by atoms with Crippen LogP contribution in [0.4, 0.5) is 9.59 Å². The third kappa shape index (κ3) is 8.63. The molecule has 0 radical (unpaired) electrons. The van der Waals surface area contributed by atoms with Crippen molar-refractivity contribution in [3.63, 3.8) is 0 Å². The molecule has 2 fully saturated rings. The average molecular weight is 896 g/mol. The second kappa shape index (κ2) is 18.0. The largest absolute Gasteiger partial charge is 0.465 e. The average Bonchev–Trinajstić information content (AvgIpc) is 4.17. The molecule has 0 saturated carbocycles. The zero-order valence-corrected chi connectivity index (χ0v) is 39.1. The first kappa shape index (κ1) is 44.6. The molecule has 15 nitrogen and oxygen atoms in total. The van der Waals surface area contributed by atoms with Crippen LogP contribution in [-0.4, -0.2) is 98.3 Å². The van der Waals surface area contributed by atoms with Crippen molar-refractivity contribution >= 4 is 29.0 Å².